The molecule has 106 valence electrons. The van der Waals surface area contributed by atoms with Gasteiger partial charge in [-0.05, 0) is 0 Å². The van der Waals surface area contributed by atoms with Crippen LogP contribution in [0.3, 0.4) is 0 Å². The Kier molecular flexibility index (Phi) is 4760. The van der Waals surface area contributed by atoms with E-state index < -0.39 is 9.17 Å². The first-order valence-electron chi connectivity index (χ1n) is 0.651. The van der Waals surface area contributed by atoms with Gasteiger partial charge in [0.05, 0.1) is 0 Å². The topological polar surface area (TPSA) is 373 Å². The van der Waals surface area contributed by atoms with Crippen LogP contribution in [0, 0.1) is 0 Å². The normalized spacial score (nSPS) is 1.60. The third-order valence-corrected chi connectivity index (χ3v) is 0. The van der Waals surface area contributed by atoms with E-state index in [1.54, 1.807) is 0 Å². The fourth-order valence-corrected chi connectivity index (χ4v) is 0. The minimum absolute atomic E-state index is 0. The van der Waals surface area contributed by atoms with Gasteiger partial charge in [0.1, 0.15) is 0 Å². The SMILES string of the molecule is O.O.O.O.O.O.O.O.O.O.O=[Si](O)O.[NaH]. The molecule has 15 heteroatoms. The van der Waals surface area contributed by atoms with Crippen molar-refractivity contribution in [3.8, 4) is 0 Å². The van der Waals surface area contributed by atoms with E-state index in [-0.39, 0.29) is 84.3 Å². The van der Waals surface area contributed by atoms with E-state index in [1.165, 1.54) is 0 Å². The fourth-order valence-electron chi connectivity index (χ4n) is 0. The van der Waals surface area contributed by atoms with Gasteiger partial charge in [-0.1, -0.05) is 0 Å². The van der Waals surface area contributed by atoms with Crippen LogP contribution in [0.25, 0.3) is 0 Å². The van der Waals surface area contributed by atoms with Gasteiger partial charge in [-0.2, -0.15) is 0 Å². The zero-order valence-electron chi connectivity index (χ0n) is 6.80. The van der Waals surface area contributed by atoms with E-state index in [1.807, 2.05) is 0 Å². The first-order valence-corrected chi connectivity index (χ1v) is 1.95. The molecule has 0 saturated heterocycles. The predicted molar refractivity (Wildman–Crippen MR) is 54.2 cm³/mol. The van der Waals surface area contributed by atoms with Crippen molar-refractivity contribution in [2.24, 2.45) is 0 Å². The van der Waals surface area contributed by atoms with Crippen molar-refractivity contribution in [3.63, 3.8) is 0 Å². The van der Waals surface area contributed by atoms with E-state index in [0.29, 0.717) is 0 Å². The molecule has 0 rings (SSSR count). The summed E-state index contributed by atoms with van der Waals surface area (Å²) < 4.78 is 8.74. The molecule has 0 saturated carbocycles. The Bertz CT molecular complexity index is 33.5. The molecule has 0 fully saturated rings. The summed E-state index contributed by atoms with van der Waals surface area (Å²) in [7, 11) is -3.13. The summed E-state index contributed by atoms with van der Waals surface area (Å²) in [6.07, 6.45) is 0. The molecule has 0 aliphatic carbocycles. The van der Waals surface area contributed by atoms with E-state index >= 15 is 0 Å². The van der Waals surface area contributed by atoms with Crippen molar-refractivity contribution in [2.75, 3.05) is 0 Å². The Morgan fingerprint density at radius 1 is 0.533 bits per heavy atom. The van der Waals surface area contributed by atoms with Gasteiger partial charge in [-0.15, -0.1) is 0 Å². The monoisotopic (exact) mass is 282 g/mol. The Labute approximate surface area is 108 Å². The zero-order valence-corrected chi connectivity index (χ0v) is 7.80. The van der Waals surface area contributed by atoms with Gasteiger partial charge < -0.3 is 64.4 Å². The average molecular weight is 282 g/mol. The summed E-state index contributed by atoms with van der Waals surface area (Å²) in [6, 6.07) is 0. The Morgan fingerprint density at radius 2 is 0.533 bits per heavy atom. The number of hydrogen-bond donors (Lipinski definition) is 2. The van der Waals surface area contributed by atoms with Crippen LogP contribution in [0.5, 0.6) is 0 Å². The standard InChI is InChI=1S/Na.H2O3Si.10H2O.H/c;1-4(2)3;;;;;;;;;;;/h;1-2H;10*1H2;. The van der Waals surface area contributed by atoms with Crippen LogP contribution in [-0.4, -0.2) is 103 Å². The van der Waals surface area contributed by atoms with Gasteiger partial charge >= 0.3 is 38.7 Å². The molecule has 0 radical (unpaired) electrons. The second-order valence-corrected chi connectivity index (χ2v) is 0.848. The van der Waals surface area contributed by atoms with Crippen LogP contribution in [0.4, 0.5) is 0 Å². The van der Waals surface area contributed by atoms with Gasteiger partial charge in [-0.3, -0.25) is 4.46 Å². The summed E-state index contributed by atoms with van der Waals surface area (Å²) in [5, 5.41) is 0. The molecule has 0 aromatic heterocycles. The van der Waals surface area contributed by atoms with Crippen molar-refractivity contribution >= 4 is 38.7 Å². The van der Waals surface area contributed by atoms with E-state index in [4.69, 9.17) is 14.1 Å². The quantitative estimate of drug-likeness (QED) is 0.408. The van der Waals surface area contributed by atoms with Crippen LogP contribution in [0.1, 0.15) is 0 Å². The van der Waals surface area contributed by atoms with E-state index in [9.17, 15) is 0 Å². The predicted octanol–water partition coefficient (Wildman–Crippen LogP) is -10.5. The maximum atomic E-state index is 8.74. The van der Waals surface area contributed by atoms with Gasteiger partial charge in [0, 0.05) is 0 Å². The second kappa shape index (κ2) is 240. The van der Waals surface area contributed by atoms with Crippen molar-refractivity contribution in [1.29, 1.82) is 0 Å². The summed E-state index contributed by atoms with van der Waals surface area (Å²) in [5.41, 5.74) is 0. The third-order valence-electron chi connectivity index (χ3n) is 0. The Hall–Kier alpha value is 0.217. The summed E-state index contributed by atoms with van der Waals surface area (Å²) in [4.78, 5) is 14.3. The van der Waals surface area contributed by atoms with Crippen LogP contribution in [0.15, 0.2) is 0 Å². The van der Waals surface area contributed by atoms with Crippen LogP contribution >= 0.6 is 0 Å². The molecule has 0 aliphatic rings. The van der Waals surface area contributed by atoms with Crippen LogP contribution < -0.4 is 0 Å². The molecule has 0 spiro atoms. The maximum absolute atomic E-state index is 8.74. The van der Waals surface area contributed by atoms with Crippen LogP contribution in [-0.2, 0) is 4.46 Å². The zero-order chi connectivity index (χ0) is 3.58. The fraction of sp³-hybridized carbons (Fsp3) is 0. The first kappa shape index (κ1) is 297. The van der Waals surface area contributed by atoms with E-state index in [2.05, 4.69) is 0 Å². The third kappa shape index (κ3) is 45100. The van der Waals surface area contributed by atoms with E-state index in [0.717, 1.165) is 0 Å². The molecule has 0 amide bonds. The molecule has 0 aromatic carbocycles. The molecule has 0 aliphatic heterocycles. The second-order valence-electron chi connectivity index (χ2n) is 0.283. The molecule has 0 bridgehead atoms. The molecule has 22 N–H and O–H groups in total. The summed E-state index contributed by atoms with van der Waals surface area (Å²) >= 11 is 0. The Balaban J connectivity index is -0.000000000818. The Morgan fingerprint density at radius 3 is 0.533 bits per heavy atom. The minimum atomic E-state index is -3.13. The molecule has 0 aromatic rings. The molecule has 15 heavy (non-hydrogen) atoms. The van der Waals surface area contributed by atoms with Crippen molar-refractivity contribution in [1.82, 2.24) is 0 Å². The van der Waals surface area contributed by atoms with Crippen molar-refractivity contribution in [3.05, 3.63) is 0 Å². The number of hydrogen-bond acceptors (Lipinski definition) is 1. The van der Waals surface area contributed by atoms with Gasteiger partial charge in [0.25, 0.3) is 0 Å². The van der Waals surface area contributed by atoms with Gasteiger partial charge in [0.15, 0.2) is 0 Å². The molecular formula is H23NaO13Si. The average Bonchev–Trinajstić information content (AvgIpc) is 0.811. The molecular weight excluding hydrogens is 259 g/mol. The van der Waals surface area contributed by atoms with Gasteiger partial charge in [0.2, 0.25) is 0 Å². The summed E-state index contributed by atoms with van der Waals surface area (Å²) in [6.45, 7) is 0. The molecule has 0 unspecified atom stereocenters. The van der Waals surface area contributed by atoms with Gasteiger partial charge in [-0.25, -0.2) is 0 Å². The molecule has 13 nitrogen and oxygen atoms in total. The molecule has 0 heterocycles. The molecule has 0 atom stereocenters. The number of rotatable bonds is 0. The van der Waals surface area contributed by atoms with Crippen LogP contribution in [0.2, 0.25) is 0 Å². The first-order chi connectivity index (χ1) is 1.73. The summed E-state index contributed by atoms with van der Waals surface area (Å²) in [5.74, 6) is 0. The van der Waals surface area contributed by atoms with Crippen molar-refractivity contribution < 1.29 is 68.8 Å². The van der Waals surface area contributed by atoms with Crippen molar-refractivity contribution in [2.45, 2.75) is 0 Å².